The average Bonchev–Trinajstić information content (AvgIpc) is 2.90. The monoisotopic (exact) mass is 565 g/mol. The molecule has 0 radical (unpaired) electrons. The van der Waals surface area contributed by atoms with Gasteiger partial charge in [0.1, 0.15) is 11.5 Å². The van der Waals surface area contributed by atoms with Crippen molar-refractivity contribution in [3.63, 3.8) is 0 Å². The topological polar surface area (TPSA) is 83.0 Å². The second kappa shape index (κ2) is 13.6. The molecule has 0 heterocycles. The number of aliphatic imine (C=N–C) groups is 1. The fourth-order valence-electron chi connectivity index (χ4n) is 5.23. The van der Waals surface area contributed by atoms with Gasteiger partial charge >= 0.3 is 0 Å². The summed E-state index contributed by atoms with van der Waals surface area (Å²) in [7, 11) is 1.63. The predicted octanol–water partition coefficient (Wildman–Crippen LogP) is 6.51. The van der Waals surface area contributed by atoms with Crippen LogP contribution in [0.15, 0.2) is 47.5 Å². The number of aryl methyl sites for hydroxylation is 1. The number of phenolic OH excluding ortho intramolecular Hbond substituents is 1. The maximum Gasteiger partial charge on any atom is 0.167 e. The molecule has 0 amide bonds. The van der Waals surface area contributed by atoms with Gasteiger partial charge in [0.05, 0.1) is 25.2 Å². The molecule has 0 spiro atoms. The Morgan fingerprint density at radius 3 is 2.42 bits per heavy atom. The molecular weight excluding hydrogens is 518 g/mol. The van der Waals surface area contributed by atoms with Crippen LogP contribution in [-0.2, 0) is 16.6 Å². The highest BCUT2D eigenvalue weighted by atomic mass is 32.1. The highest BCUT2D eigenvalue weighted by molar-refractivity contribution is 7.80. The molecule has 0 saturated heterocycles. The molecule has 2 aromatic rings. The van der Waals surface area contributed by atoms with Gasteiger partial charge in [0.2, 0.25) is 0 Å². The lowest BCUT2D eigenvalue weighted by Crippen LogP contribution is -2.55. The summed E-state index contributed by atoms with van der Waals surface area (Å²) in [5.41, 5.74) is 2.09. The van der Waals surface area contributed by atoms with Gasteiger partial charge in [-0.1, -0.05) is 84.7 Å². The third kappa shape index (κ3) is 8.79. The van der Waals surface area contributed by atoms with E-state index in [1.165, 1.54) is 0 Å². The third-order valence-corrected chi connectivity index (χ3v) is 7.81. The Hall–Kier alpha value is -2.93. The number of benzene rings is 2. The van der Waals surface area contributed by atoms with Crippen molar-refractivity contribution in [3.05, 3.63) is 59.2 Å². The first-order valence-electron chi connectivity index (χ1n) is 14.4. The van der Waals surface area contributed by atoms with Crippen LogP contribution in [0.2, 0.25) is 0 Å². The normalized spacial score (nSPS) is 18.8. The van der Waals surface area contributed by atoms with Gasteiger partial charge in [0.15, 0.2) is 10.9 Å². The van der Waals surface area contributed by atoms with E-state index in [0.717, 1.165) is 36.8 Å². The number of nitrogens with zero attached hydrogens (tertiary/aromatic N) is 1. The summed E-state index contributed by atoms with van der Waals surface area (Å²) in [5, 5.41) is 18.3. The molecule has 3 N–H and O–H groups in total. The van der Waals surface area contributed by atoms with Crippen molar-refractivity contribution >= 4 is 29.3 Å². The van der Waals surface area contributed by atoms with Crippen molar-refractivity contribution in [2.24, 2.45) is 10.4 Å². The summed E-state index contributed by atoms with van der Waals surface area (Å²) in [6.45, 7) is 12.4. The van der Waals surface area contributed by atoms with Crippen LogP contribution >= 0.6 is 12.2 Å². The summed E-state index contributed by atoms with van der Waals surface area (Å²) >= 11 is 5.74. The lowest BCUT2D eigenvalue weighted by atomic mass is 9.82. The van der Waals surface area contributed by atoms with Crippen molar-refractivity contribution in [3.8, 4) is 11.5 Å². The molecule has 40 heavy (non-hydrogen) atoms. The molecule has 1 fully saturated rings. The van der Waals surface area contributed by atoms with E-state index in [1.54, 1.807) is 13.3 Å². The van der Waals surface area contributed by atoms with Gasteiger partial charge in [-0.2, -0.15) is 0 Å². The van der Waals surface area contributed by atoms with Crippen LogP contribution in [0.1, 0.15) is 90.3 Å². The fourth-order valence-corrected chi connectivity index (χ4v) is 5.50. The zero-order chi connectivity index (χ0) is 29.5. The summed E-state index contributed by atoms with van der Waals surface area (Å²) in [6, 6.07) is 13.4. The van der Waals surface area contributed by atoms with E-state index >= 15 is 0 Å². The molecule has 1 saturated carbocycles. The van der Waals surface area contributed by atoms with Gasteiger partial charge in [0, 0.05) is 23.8 Å². The Kier molecular flexibility index (Phi) is 10.8. The maximum atomic E-state index is 13.3. The molecule has 0 aliphatic heterocycles. The number of aromatic hydroxyl groups is 1. The second-order valence-electron chi connectivity index (χ2n) is 13.0. The molecule has 3 rings (SSSR count). The summed E-state index contributed by atoms with van der Waals surface area (Å²) < 4.78 is 5.50. The zero-order valence-corrected chi connectivity index (χ0v) is 26.0. The number of hydrogen-bond acceptors (Lipinski definition) is 5. The Labute approximate surface area is 246 Å². The van der Waals surface area contributed by atoms with E-state index in [1.807, 2.05) is 30.3 Å². The fraction of sp³-hybridized carbons (Fsp3) is 0.545. The zero-order valence-electron chi connectivity index (χ0n) is 25.2. The van der Waals surface area contributed by atoms with E-state index in [0.29, 0.717) is 29.3 Å². The third-order valence-electron chi connectivity index (χ3n) is 7.57. The predicted molar refractivity (Wildman–Crippen MR) is 169 cm³/mol. The van der Waals surface area contributed by atoms with Crippen molar-refractivity contribution in [2.75, 3.05) is 7.11 Å². The molecule has 0 aromatic heterocycles. The minimum atomic E-state index is -0.397. The Morgan fingerprint density at radius 2 is 1.80 bits per heavy atom. The Bertz CT molecular complexity index is 1180. The standard InChI is InChI=1S/C33H47N3O3S/c1-32(2,3)25-20-24(39-7)19-23(29(25)38)21-34-26-15-11-12-16-27(26)35-31(40)36-30(33(4,5)6)28(37)18-17-22-13-9-8-10-14-22/h8-10,13-14,19-21,26-27,30,38H,11-12,15-18H2,1-7H3,(H2,35,36,40)/t26-,27-,30-/m0/s1. The largest absolute Gasteiger partial charge is 0.507 e. The number of carbonyl (C=O) groups excluding carboxylic acids is 1. The molecule has 218 valence electrons. The number of rotatable bonds is 9. The van der Waals surface area contributed by atoms with Gasteiger partial charge < -0.3 is 20.5 Å². The van der Waals surface area contributed by atoms with Crippen LogP contribution in [0.3, 0.4) is 0 Å². The van der Waals surface area contributed by atoms with Gasteiger partial charge in [-0.3, -0.25) is 9.79 Å². The number of Topliss-reactive ketones (excluding diaryl/α,β-unsaturated/α-hetero) is 1. The molecule has 0 unspecified atom stereocenters. The number of nitrogens with one attached hydrogen (secondary N) is 2. The number of methoxy groups -OCH3 is 1. The van der Waals surface area contributed by atoms with Crippen molar-refractivity contribution in [2.45, 2.75) is 104 Å². The van der Waals surface area contributed by atoms with Gasteiger partial charge in [0.25, 0.3) is 0 Å². The van der Waals surface area contributed by atoms with E-state index < -0.39 is 6.04 Å². The lowest BCUT2D eigenvalue weighted by Gasteiger charge is -2.34. The molecule has 3 atom stereocenters. The average molecular weight is 566 g/mol. The van der Waals surface area contributed by atoms with E-state index in [9.17, 15) is 9.90 Å². The quantitative estimate of drug-likeness (QED) is 0.238. The number of thiocarbonyl (C=S) groups is 1. The van der Waals surface area contributed by atoms with Crippen molar-refractivity contribution < 1.29 is 14.6 Å². The smallest absolute Gasteiger partial charge is 0.167 e. The number of hydrogen-bond donors (Lipinski definition) is 3. The van der Waals surface area contributed by atoms with Gasteiger partial charge in [-0.15, -0.1) is 0 Å². The number of phenols is 1. The van der Waals surface area contributed by atoms with Crippen molar-refractivity contribution in [1.29, 1.82) is 0 Å². The first kappa shape index (κ1) is 31.6. The first-order chi connectivity index (χ1) is 18.8. The van der Waals surface area contributed by atoms with E-state index in [2.05, 4.69) is 64.3 Å². The summed E-state index contributed by atoms with van der Waals surface area (Å²) in [5.74, 6) is 1.08. The van der Waals surface area contributed by atoms with Gasteiger partial charge in [-0.05, 0) is 60.0 Å². The van der Waals surface area contributed by atoms with E-state index in [-0.39, 0.29) is 34.4 Å². The van der Waals surface area contributed by atoms with Gasteiger partial charge in [-0.25, -0.2) is 0 Å². The number of ether oxygens (including phenoxy) is 1. The minimum Gasteiger partial charge on any atom is -0.507 e. The van der Waals surface area contributed by atoms with Crippen LogP contribution in [0.25, 0.3) is 0 Å². The van der Waals surface area contributed by atoms with Crippen LogP contribution in [0.5, 0.6) is 11.5 Å². The minimum absolute atomic E-state index is 0.000873. The summed E-state index contributed by atoms with van der Waals surface area (Å²) in [4.78, 5) is 18.2. The molecule has 2 aromatic carbocycles. The Balaban J connectivity index is 1.71. The SMILES string of the molecule is COc1cc(C=N[C@H]2CCCC[C@@H]2NC(=S)N[C@@H](C(=O)CCc2ccccc2)C(C)(C)C)c(O)c(C(C)(C)C)c1. The number of ketones is 1. The van der Waals surface area contributed by atoms with Crippen LogP contribution in [0, 0.1) is 5.41 Å². The van der Waals surface area contributed by atoms with Crippen molar-refractivity contribution in [1.82, 2.24) is 10.6 Å². The maximum absolute atomic E-state index is 13.3. The first-order valence-corrected chi connectivity index (χ1v) is 14.8. The molecule has 7 heteroatoms. The molecule has 1 aliphatic carbocycles. The van der Waals surface area contributed by atoms with E-state index in [4.69, 9.17) is 21.9 Å². The molecule has 6 nitrogen and oxygen atoms in total. The summed E-state index contributed by atoms with van der Waals surface area (Å²) in [6.07, 6.45) is 6.96. The van der Waals surface area contributed by atoms with Crippen LogP contribution in [0.4, 0.5) is 0 Å². The molecule has 0 bridgehead atoms. The second-order valence-corrected chi connectivity index (χ2v) is 13.4. The molecule has 1 aliphatic rings. The molecular formula is C33H47N3O3S. The van der Waals surface area contributed by atoms with Crippen LogP contribution in [-0.4, -0.2) is 47.5 Å². The lowest BCUT2D eigenvalue weighted by molar-refractivity contribution is -0.123. The highest BCUT2D eigenvalue weighted by Gasteiger charge is 2.33. The Morgan fingerprint density at radius 1 is 1.12 bits per heavy atom. The van der Waals surface area contributed by atoms with Crippen LogP contribution < -0.4 is 15.4 Å². The highest BCUT2D eigenvalue weighted by Crippen LogP contribution is 2.36. The number of carbonyl (C=O) groups is 1.